The van der Waals surface area contributed by atoms with Crippen molar-refractivity contribution in [2.45, 2.75) is 4.90 Å². The molecule has 0 saturated heterocycles. The SMILES string of the molecule is CN(c1ccc(F)cc1NS(=O)(=O)c1ccc(F)cc1)S(C)(=O)=O. The highest BCUT2D eigenvalue weighted by Crippen LogP contribution is 2.29. The van der Waals surface area contributed by atoms with Gasteiger partial charge in [-0.3, -0.25) is 9.03 Å². The molecule has 0 aliphatic heterocycles. The Kier molecular flexibility index (Phi) is 4.81. The van der Waals surface area contributed by atoms with Gasteiger partial charge in [0.15, 0.2) is 0 Å². The Morgan fingerprint density at radius 3 is 2.00 bits per heavy atom. The van der Waals surface area contributed by atoms with Crippen LogP contribution in [0.4, 0.5) is 20.2 Å². The van der Waals surface area contributed by atoms with Crippen molar-refractivity contribution in [3.63, 3.8) is 0 Å². The molecule has 2 aromatic carbocycles. The first-order valence-corrected chi connectivity index (χ1v) is 9.86. The Hall–Kier alpha value is -2.20. The minimum Gasteiger partial charge on any atom is -0.277 e. The van der Waals surface area contributed by atoms with Crippen molar-refractivity contribution in [2.75, 3.05) is 22.3 Å². The van der Waals surface area contributed by atoms with Gasteiger partial charge in [0.2, 0.25) is 10.0 Å². The van der Waals surface area contributed by atoms with Crippen LogP contribution in [-0.2, 0) is 20.0 Å². The van der Waals surface area contributed by atoms with Gasteiger partial charge in [-0.2, -0.15) is 0 Å². The fourth-order valence-corrected chi connectivity index (χ4v) is 3.44. The van der Waals surface area contributed by atoms with Crippen LogP contribution >= 0.6 is 0 Å². The highest BCUT2D eigenvalue weighted by atomic mass is 32.2. The average molecular weight is 376 g/mol. The van der Waals surface area contributed by atoms with Gasteiger partial charge in [-0.05, 0) is 36.4 Å². The van der Waals surface area contributed by atoms with Crippen LogP contribution in [0.3, 0.4) is 0 Å². The number of anilines is 2. The average Bonchev–Trinajstić information content (AvgIpc) is 2.46. The lowest BCUT2D eigenvalue weighted by atomic mass is 10.2. The fraction of sp³-hybridized carbons (Fsp3) is 0.143. The Bertz CT molecular complexity index is 959. The van der Waals surface area contributed by atoms with Crippen LogP contribution in [0, 0.1) is 11.6 Å². The summed E-state index contributed by atoms with van der Waals surface area (Å²) in [4.78, 5) is -0.249. The zero-order valence-corrected chi connectivity index (χ0v) is 14.3. The molecular formula is C14H14F2N2O4S2. The van der Waals surface area contributed by atoms with Gasteiger partial charge in [0.1, 0.15) is 11.6 Å². The Balaban J connectivity index is 2.49. The van der Waals surface area contributed by atoms with Crippen molar-refractivity contribution in [2.24, 2.45) is 0 Å². The van der Waals surface area contributed by atoms with E-state index in [0.717, 1.165) is 53.0 Å². The van der Waals surface area contributed by atoms with Gasteiger partial charge in [-0.1, -0.05) is 0 Å². The molecule has 0 spiro atoms. The molecule has 0 aromatic heterocycles. The molecule has 0 saturated carbocycles. The second-order valence-corrected chi connectivity index (χ2v) is 8.65. The van der Waals surface area contributed by atoms with E-state index in [4.69, 9.17) is 0 Å². The molecule has 0 aliphatic rings. The van der Waals surface area contributed by atoms with E-state index in [1.54, 1.807) is 0 Å². The lowest BCUT2D eigenvalue weighted by Crippen LogP contribution is -2.26. The summed E-state index contributed by atoms with van der Waals surface area (Å²) in [6.45, 7) is 0. The number of nitrogens with zero attached hydrogens (tertiary/aromatic N) is 1. The highest BCUT2D eigenvalue weighted by molar-refractivity contribution is 7.93. The third kappa shape index (κ3) is 4.01. The molecule has 0 radical (unpaired) electrons. The number of halogens is 2. The normalized spacial score (nSPS) is 12.0. The molecule has 0 amide bonds. The fourth-order valence-electron chi connectivity index (χ4n) is 1.86. The number of hydrogen-bond donors (Lipinski definition) is 1. The maximum Gasteiger partial charge on any atom is 0.261 e. The summed E-state index contributed by atoms with van der Waals surface area (Å²) >= 11 is 0. The monoisotopic (exact) mass is 376 g/mol. The van der Waals surface area contributed by atoms with Crippen LogP contribution in [0.2, 0.25) is 0 Å². The first-order chi connectivity index (χ1) is 11.0. The van der Waals surface area contributed by atoms with Crippen LogP contribution in [0.25, 0.3) is 0 Å². The van der Waals surface area contributed by atoms with Crippen LogP contribution < -0.4 is 9.03 Å². The number of rotatable bonds is 5. The van der Waals surface area contributed by atoms with E-state index in [0.29, 0.717) is 0 Å². The first kappa shape index (κ1) is 18.1. The van der Waals surface area contributed by atoms with Gasteiger partial charge in [-0.15, -0.1) is 0 Å². The van der Waals surface area contributed by atoms with Crippen molar-refractivity contribution < 1.29 is 25.6 Å². The summed E-state index contributed by atoms with van der Waals surface area (Å²) in [7, 11) is -6.64. The van der Waals surface area contributed by atoms with E-state index in [1.165, 1.54) is 7.05 Å². The quantitative estimate of drug-likeness (QED) is 0.867. The minimum atomic E-state index is -4.15. The summed E-state index contributed by atoms with van der Waals surface area (Å²) in [6, 6.07) is 7.00. The lowest BCUT2D eigenvalue weighted by Gasteiger charge is -2.21. The predicted molar refractivity (Wildman–Crippen MR) is 86.9 cm³/mol. The van der Waals surface area contributed by atoms with Crippen molar-refractivity contribution in [3.05, 3.63) is 54.1 Å². The summed E-state index contributed by atoms with van der Waals surface area (Å²) in [5, 5.41) is 0. The Morgan fingerprint density at radius 1 is 0.917 bits per heavy atom. The highest BCUT2D eigenvalue weighted by Gasteiger charge is 2.21. The zero-order chi connectivity index (χ0) is 18.1. The van der Waals surface area contributed by atoms with Gasteiger partial charge in [0.05, 0.1) is 22.5 Å². The van der Waals surface area contributed by atoms with Gasteiger partial charge in [0.25, 0.3) is 10.0 Å². The van der Waals surface area contributed by atoms with Gasteiger partial charge >= 0.3 is 0 Å². The van der Waals surface area contributed by atoms with E-state index in [2.05, 4.69) is 4.72 Å². The summed E-state index contributed by atoms with van der Waals surface area (Å²) in [6.07, 6.45) is 0.925. The molecule has 0 bridgehead atoms. The van der Waals surface area contributed by atoms with Gasteiger partial charge < -0.3 is 0 Å². The standard InChI is InChI=1S/C14H14F2N2O4S2/c1-18(23(2,19)20)14-8-5-11(16)9-13(14)17-24(21,22)12-6-3-10(15)4-7-12/h3-9,17H,1-2H3. The van der Waals surface area contributed by atoms with Crippen LogP contribution in [-0.4, -0.2) is 30.1 Å². The zero-order valence-electron chi connectivity index (χ0n) is 12.7. The van der Waals surface area contributed by atoms with E-state index < -0.39 is 31.7 Å². The molecule has 0 fully saturated rings. The molecule has 0 aliphatic carbocycles. The van der Waals surface area contributed by atoms with Gasteiger partial charge in [0, 0.05) is 13.1 Å². The topological polar surface area (TPSA) is 83.6 Å². The molecule has 0 heterocycles. The van der Waals surface area contributed by atoms with E-state index in [9.17, 15) is 25.6 Å². The van der Waals surface area contributed by atoms with Crippen LogP contribution in [0.5, 0.6) is 0 Å². The second kappa shape index (κ2) is 6.36. The van der Waals surface area contributed by atoms with E-state index >= 15 is 0 Å². The Morgan fingerprint density at radius 2 is 1.46 bits per heavy atom. The van der Waals surface area contributed by atoms with Crippen molar-refractivity contribution >= 4 is 31.4 Å². The van der Waals surface area contributed by atoms with E-state index in [1.807, 2.05) is 0 Å². The van der Waals surface area contributed by atoms with Crippen molar-refractivity contribution in [1.29, 1.82) is 0 Å². The van der Waals surface area contributed by atoms with Crippen LogP contribution in [0.1, 0.15) is 0 Å². The molecule has 1 N–H and O–H groups in total. The number of sulfonamides is 2. The Labute approximate surface area is 138 Å². The maximum atomic E-state index is 13.5. The van der Waals surface area contributed by atoms with Crippen LogP contribution in [0.15, 0.2) is 47.4 Å². The first-order valence-electron chi connectivity index (χ1n) is 6.52. The predicted octanol–water partition coefficient (Wildman–Crippen LogP) is 2.16. The molecule has 130 valence electrons. The summed E-state index contributed by atoms with van der Waals surface area (Å²) in [5.74, 6) is -1.37. The largest absolute Gasteiger partial charge is 0.277 e. The second-order valence-electron chi connectivity index (χ2n) is 4.95. The maximum absolute atomic E-state index is 13.5. The van der Waals surface area contributed by atoms with Gasteiger partial charge in [-0.25, -0.2) is 25.6 Å². The summed E-state index contributed by atoms with van der Waals surface area (Å²) in [5.41, 5.74) is -0.308. The molecule has 2 aromatic rings. The summed E-state index contributed by atoms with van der Waals surface area (Å²) < 4.78 is 77.3. The molecule has 0 unspecified atom stereocenters. The minimum absolute atomic E-state index is 0.0513. The molecule has 10 heteroatoms. The van der Waals surface area contributed by atoms with Crippen molar-refractivity contribution in [3.8, 4) is 0 Å². The smallest absolute Gasteiger partial charge is 0.261 e. The number of nitrogens with one attached hydrogen (secondary N) is 1. The number of benzene rings is 2. The molecule has 6 nitrogen and oxygen atoms in total. The molecular weight excluding hydrogens is 362 g/mol. The third-order valence-electron chi connectivity index (χ3n) is 3.16. The lowest BCUT2D eigenvalue weighted by molar-refractivity contribution is 0.597. The van der Waals surface area contributed by atoms with E-state index in [-0.39, 0.29) is 16.3 Å². The molecule has 0 atom stereocenters. The number of hydrogen-bond acceptors (Lipinski definition) is 4. The third-order valence-corrected chi connectivity index (χ3v) is 5.74. The molecule has 24 heavy (non-hydrogen) atoms. The molecule has 2 rings (SSSR count). The van der Waals surface area contributed by atoms with Crippen molar-refractivity contribution in [1.82, 2.24) is 0 Å².